The van der Waals surface area contributed by atoms with E-state index in [-0.39, 0.29) is 36.0 Å². The summed E-state index contributed by atoms with van der Waals surface area (Å²) in [7, 11) is 0. The first-order valence-corrected chi connectivity index (χ1v) is 19.4. The highest BCUT2D eigenvalue weighted by atomic mass is 16.7. The molecule has 7 heteroatoms. The fourth-order valence-corrected chi connectivity index (χ4v) is 13.5. The maximum atomic E-state index is 12.0. The van der Waals surface area contributed by atoms with Crippen LogP contribution in [0.5, 0.6) is 0 Å². The number of morpholine rings is 1. The van der Waals surface area contributed by atoms with Crippen molar-refractivity contribution in [2.24, 2.45) is 45.3 Å². The molecular formula is C41H61NO6. The third-order valence-corrected chi connectivity index (χ3v) is 15.6. The molecule has 1 aromatic rings. The van der Waals surface area contributed by atoms with E-state index in [0.29, 0.717) is 34.0 Å². The van der Waals surface area contributed by atoms with E-state index in [9.17, 15) is 9.90 Å². The summed E-state index contributed by atoms with van der Waals surface area (Å²) >= 11 is 0. The van der Waals surface area contributed by atoms with Gasteiger partial charge in [-0.15, -0.1) is 0 Å². The van der Waals surface area contributed by atoms with Gasteiger partial charge in [-0.3, -0.25) is 9.69 Å². The number of rotatable bonds is 7. The molecule has 2 heterocycles. The molecule has 1 aromatic carbocycles. The molecule has 8 rings (SSSR count). The van der Waals surface area contributed by atoms with E-state index >= 15 is 0 Å². The Kier molecular flexibility index (Phi) is 8.24. The van der Waals surface area contributed by atoms with E-state index < -0.39 is 11.7 Å². The van der Waals surface area contributed by atoms with E-state index in [2.05, 4.69) is 56.0 Å². The lowest BCUT2D eigenvalue weighted by Gasteiger charge is -2.60. The number of hydrogen-bond acceptors (Lipinski definition) is 7. The molecule has 48 heavy (non-hydrogen) atoms. The Morgan fingerprint density at radius 3 is 2.52 bits per heavy atom. The summed E-state index contributed by atoms with van der Waals surface area (Å²) < 4.78 is 25.8. The van der Waals surface area contributed by atoms with Gasteiger partial charge in [0.2, 0.25) is 0 Å². The summed E-state index contributed by atoms with van der Waals surface area (Å²) in [5.74, 6) is 2.38. The largest absolute Gasteiger partial charge is 0.457 e. The van der Waals surface area contributed by atoms with Crippen molar-refractivity contribution in [2.45, 2.75) is 149 Å². The Morgan fingerprint density at radius 2 is 1.77 bits per heavy atom. The zero-order valence-electron chi connectivity index (χ0n) is 30.4. The van der Waals surface area contributed by atoms with Crippen LogP contribution >= 0.6 is 0 Å². The molecule has 0 bridgehead atoms. The van der Waals surface area contributed by atoms with Crippen molar-refractivity contribution in [3.05, 3.63) is 35.9 Å². The number of fused-ring (bicyclic) bond motifs is 4. The molecule has 2 aliphatic heterocycles. The molecule has 7 aliphatic rings. The fourth-order valence-electron chi connectivity index (χ4n) is 13.5. The Morgan fingerprint density at radius 1 is 1.00 bits per heavy atom. The first kappa shape index (κ1) is 33.6. The van der Waals surface area contributed by atoms with Crippen LogP contribution in [-0.2, 0) is 30.3 Å². The standard InChI is InChI=1S/C41H61NO6/c1-26(43)46-36(38(4,5)44)31-14-12-29-32(47-31)22-30-28-13-15-33-37(2,3)34(16-17-41(33)25-40(28,41)19-18-39(29,30)6)48-35-24-42(20-21-45-35)23-27-10-8-7-9-11-27/h7-11,28-36,44H,12-25H2,1-6H3/t28?,29?,30?,31?,32?,33?,34-,35?,36-,39?,40?,41+/m0/s1. The third-order valence-electron chi connectivity index (χ3n) is 15.6. The number of aliphatic hydroxyl groups is 1. The molecule has 2 saturated heterocycles. The maximum absolute atomic E-state index is 12.0. The molecule has 12 atom stereocenters. The van der Waals surface area contributed by atoms with Crippen LogP contribution in [0.3, 0.4) is 0 Å². The average Bonchev–Trinajstić information content (AvgIpc) is 3.61. The van der Waals surface area contributed by atoms with Crippen molar-refractivity contribution >= 4 is 5.97 Å². The van der Waals surface area contributed by atoms with Crippen molar-refractivity contribution < 1.29 is 28.8 Å². The zero-order chi connectivity index (χ0) is 33.7. The molecule has 266 valence electrons. The van der Waals surface area contributed by atoms with Crippen LogP contribution < -0.4 is 0 Å². The molecule has 7 fully saturated rings. The van der Waals surface area contributed by atoms with Crippen LogP contribution in [0.4, 0.5) is 0 Å². The Balaban J connectivity index is 0.947. The van der Waals surface area contributed by atoms with Crippen molar-refractivity contribution in [3.63, 3.8) is 0 Å². The number of benzene rings is 1. The summed E-state index contributed by atoms with van der Waals surface area (Å²) in [4.78, 5) is 14.5. The number of carbonyl (C=O) groups excluding carboxylic acids is 1. The number of hydrogen-bond donors (Lipinski definition) is 1. The summed E-state index contributed by atoms with van der Waals surface area (Å²) in [5, 5.41) is 10.9. The van der Waals surface area contributed by atoms with Gasteiger partial charge in [0.1, 0.15) is 0 Å². The molecule has 5 saturated carbocycles. The first-order valence-electron chi connectivity index (χ1n) is 19.4. The quantitative estimate of drug-likeness (QED) is 0.311. The van der Waals surface area contributed by atoms with Gasteiger partial charge in [0.05, 0.1) is 30.5 Å². The Labute approximate surface area is 288 Å². The molecular weight excluding hydrogens is 602 g/mol. The minimum absolute atomic E-state index is 0.126. The van der Waals surface area contributed by atoms with Gasteiger partial charge in [0.25, 0.3) is 0 Å². The molecule has 7 nitrogen and oxygen atoms in total. The smallest absolute Gasteiger partial charge is 0.303 e. The summed E-state index contributed by atoms with van der Waals surface area (Å²) in [5.41, 5.74) is 1.60. The van der Waals surface area contributed by atoms with E-state index in [1.54, 1.807) is 13.8 Å². The van der Waals surface area contributed by atoms with Gasteiger partial charge in [0.15, 0.2) is 12.4 Å². The highest BCUT2D eigenvalue weighted by molar-refractivity contribution is 5.66. The second-order valence-corrected chi connectivity index (χ2v) is 18.7. The summed E-state index contributed by atoms with van der Waals surface area (Å²) in [6.45, 7) is 16.0. The van der Waals surface area contributed by atoms with Gasteiger partial charge in [0, 0.05) is 26.6 Å². The van der Waals surface area contributed by atoms with Gasteiger partial charge >= 0.3 is 5.97 Å². The normalized spacial score (nSPS) is 45.5. The van der Waals surface area contributed by atoms with Crippen LogP contribution in [0.2, 0.25) is 0 Å². The van der Waals surface area contributed by atoms with Crippen LogP contribution in [0.1, 0.15) is 111 Å². The molecule has 1 N–H and O–H groups in total. The second-order valence-electron chi connectivity index (χ2n) is 18.7. The highest BCUT2D eigenvalue weighted by Gasteiger charge is 2.80. The first-order chi connectivity index (χ1) is 22.8. The Bertz CT molecular complexity index is 1360. The minimum atomic E-state index is -1.14. The van der Waals surface area contributed by atoms with E-state index in [0.717, 1.165) is 57.8 Å². The van der Waals surface area contributed by atoms with Crippen molar-refractivity contribution in [1.29, 1.82) is 0 Å². The van der Waals surface area contributed by atoms with E-state index in [1.165, 1.54) is 51.0 Å². The van der Waals surface area contributed by atoms with Gasteiger partial charge in [-0.2, -0.15) is 0 Å². The fraction of sp³-hybridized carbons (Fsp3) is 0.829. The van der Waals surface area contributed by atoms with Crippen LogP contribution in [0, 0.1) is 45.3 Å². The number of esters is 1. The maximum Gasteiger partial charge on any atom is 0.303 e. The van der Waals surface area contributed by atoms with Crippen molar-refractivity contribution in [2.75, 3.05) is 19.7 Å². The van der Waals surface area contributed by atoms with Gasteiger partial charge in [-0.25, -0.2) is 0 Å². The highest BCUT2D eigenvalue weighted by Crippen LogP contribution is 2.87. The van der Waals surface area contributed by atoms with E-state index in [1.807, 2.05) is 0 Å². The second kappa shape index (κ2) is 11.8. The number of nitrogens with zero attached hydrogens (tertiary/aromatic N) is 1. The SMILES string of the molecule is CC(=O)O[C@@H](C1CCC2C(CC3C4CCC5C(C)(C)[C@@H](OC6CN(Cc7ccccc7)CCO6)CC[C@@]56CC46CCC23C)O1)C(C)(C)O. The zero-order valence-corrected chi connectivity index (χ0v) is 30.4. The molecule has 5 aliphatic carbocycles. The minimum Gasteiger partial charge on any atom is -0.457 e. The average molecular weight is 664 g/mol. The van der Waals surface area contributed by atoms with Crippen molar-refractivity contribution in [1.82, 2.24) is 4.90 Å². The predicted molar refractivity (Wildman–Crippen MR) is 184 cm³/mol. The monoisotopic (exact) mass is 663 g/mol. The molecule has 9 unspecified atom stereocenters. The summed E-state index contributed by atoms with van der Waals surface area (Å²) in [6, 6.07) is 10.8. The van der Waals surface area contributed by atoms with Gasteiger partial charge < -0.3 is 24.1 Å². The number of carbonyl (C=O) groups is 1. The Hall–Kier alpha value is -1.51. The van der Waals surface area contributed by atoms with Crippen molar-refractivity contribution in [3.8, 4) is 0 Å². The summed E-state index contributed by atoms with van der Waals surface area (Å²) in [6.07, 6.45) is 11.6. The lowest BCUT2D eigenvalue weighted by Crippen LogP contribution is -2.56. The lowest BCUT2D eigenvalue weighted by molar-refractivity contribution is -0.245. The van der Waals surface area contributed by atoms with Gasteiger partial charge in [-0.1, -0.05) is 51.1 Å². The third kappa shape index (κ3) is 5.26. The molecule has 0 amide bonds. The topological polar surface area (TPSA) is 77.5 Å². The van der Waals surface area contributed by atoms with Gasteiger partial charge in [-0.05, 0) is 129 Å². The molecule has 2 spiro atoms. The van der Waals surface area contributed by atoms with Crippen LogP contribution in [-0.4, -0.2) is 72.0 Å². The van der Waals surface area contributed by atoms with Crippen LogP contribution in [0.15, 0.2) is 30.3 Å². The van der Waals surface area contributed by atoms with E-state index in [4.69, 9.17) is 18.9 Å². The molecule has 0 radical (unpaired) electrons. The predicted octanol–water partition coefficient (Wildman–Crippen LogP) is 7.14. The number of ether oxygens (including phenoxy) is 4. The molecule has 0 aromatic heterocycles. The lowest BCUT2D eigenvalue weighted by atomic mass is 9.46. The van der Waals surface area contributed by atoms with Crippen LogP contribution in [0.25, 0.3) is 0 Å².